The lowest BCUT2D eigenvalue weighted by Gasteiger charge is -2.10. The zero-order valence-corrected chi connectivity index (χ0v) is 6.36. The van der Waals surface area contributed by atoms with Crippen LogP contribution in [0.1, 0.15) is 0 Å². The van der Waals surface area contributed by atoms with E-state index in [2.05, 4.69) is 0 Å². The fourth-order valence-electron chi connectivity index (χ4n) is 0.277. The Bertz CT molecular complexity index is 230. The summed E-state index contributed by atoms with van der Waals surface area (Å²) in [6.45, 7) is 0. The van der Waals surface area contributed by atoms with Crippen molar-refractivity contribution in [2.75, 3.05) is 7.05 Å². The van der Waals surface area contributed by atoms with Crippen LogP contribution >= 0.6 is 7.60 Å². The first-order valence-corrected chi connectivity index (χ1v) is 3.94. The van der Waals surface area contributed by atoms with E-state index in [1.807, 2.05) is 0 Å². The maximum Gasteiger partial charge on any atom is 0.414 e. The second-order valence-electron chi connectivity index (χ2n) is 1.67. The molecule has 0 aliphatic heterocycles. The second-order valence-corrected chi connectivity index (χ2v) is 3.14. The van der Waals surface area contributed by atoms with Gasteiger partial charge in [0, 0.05) is 7.05 Å². The molecule has 8 heteroatoms. The van der Waals surface area contributed by atoms with Crippen molar-refractivity contribution in [1.82, 2.24) is 4.90 Å². The van der Waals surface area contributed by atoms with Crippen LogP contribution in [-0.4, -0.2) is 38.6 Å². The summed E-state index contributed by atoms with van der Waals surface area (Å²) < 4.78 is 10.1. The van der Waals surface area contributed by atoms with E-state index in [1.165, 1.54) is 0 Å². The summed E-state index contributed by atoms with van der Waals surface area (Å²) in [7, 11) is -4.21. The fourth-order valence-corrected chi connectivity index (χ4v) is 0.754. The van der Waals surface area contributed by atoms with E-state index in [9.17, 15) is 14.2 Å². The van der Waals surface area contributed by atoms with Gasteiger partial charge in [0.15, 0.2) is 0 Å². The molecule has 0 aliphatic carbocycles. The van der Waals surface area contributed by atoms with E-state index in [0.717, 1.165) is 7.05 Å². The van der Waals surface area contributed by atoms with Crippen LogP contribution in [0.4, 0.5) is 9.59 Å². The number of carboxylic acid groups (broad SMARTS) is 1. The number of nitrogens with zero attached hydrogens (tertiary/aromatic N) is 1. The van der Waals surface area contributed by atoms with Crippen molar-refractivity contribution < 1.29 is 29.0 Å². The molecule has 0 spiro atoms. The molecule has 11 heavy (non-hydrogen) atoms. The summed E-state index contributed by atoms with van der Waals surface area (Å²) >= 11 is 0. The third-order valence-electron chi connectivity index (χ3n) is 0.823. The van der Waals surface area contributed by atoms with E-state index >= 15 is 0 Å². The Morgan fingerprint density at radius 3 is 1.82 bits per heavy atom. The van der Waals surface area contributed by atoms with Gasteiger partial charge in [0.05, 0.1) is 0 Å². The topological polar surface area (TPSA) is 115 Å². The molecule has 0 aliphatic rings. The maximum atomic E-state index is 10.4. The van der Waals surface area contributed by atoms with Gasteiger partial charge in [-0.05, 0) is 0 Å². The number of hydrogen-bond donors (Lipinski definition) is 3. The Kier molecular flexibility index (Phi) is 2.75. The van der Waals surface area contributed by atoms with Gasteiger partial charge in [0.2, 0.25) is 0 Å². The highest BCUT2D eigenvalue weighted by atomic mass is 31.2. The van der Waals surface area contributed by atoms with Gasteiger partial charge in [-0.1, -0.05) is 0 Å². The molecule has 0 bridgehead atoms. The molecule has 3 N–H and O–H groups in total. The number of hydrogen-bond acceptors (Lipinski definition) is 3. The molecule has 0 saturated heterocycles. The monoisotopic (exact) mass is 183 g/mol. The van der Waals surface area contributed by atoms with Crippen LogP contribution in [0.3, 0.4) is 0 Å². The van der Waals surface area contributed by atoms with Crippen LogP contribution < -0.4 is 0 Å². The van der Waals surface area contributed by atoms with Gasteiger partial charge >= 0.3 is 19.3 Å². The normalized spacial score (nSPS) is 10.8. The lowest BCUT2D eigenvalue weighted by Crippen LogP contribution is -2.30. The third kappa shape index (κ3) is 2.67. The summed E-state index contributed by atoms with van der Waals surface area (Å²) in [4.78, 5) is 36.6. The first-order chi connectivity index (χ1) is 4.76. The van der Waals surface area contributed by atoms with Crippen LogP contribution in [0.25, 0.3) is 0 Å². The predicted octanol–water partition coefficient (Wildman–Crippen LogP) is -0.106. The van der Waals surface area contributed by atoms with Crippen LogP contribution in [0.15, 0.2) is 0 Å². The Hall–Kier alpha value is -0.910. The zero-order valence-electron chi connectivity index (χ0n) is 5.46. The van der Waals surface area contributed by atoms with Gasteiger partial charge in [-0.3, -0.25) is 4.79 Å². The van der Waals surface area contributed by atoms with Crippen molar-refractivity contribution in [2.45, 2.75) is 0 Å². The van der Waals surface area contributed by atoms with Crippen molar-refractivity contribution in [1.29, 1.82) is 0 Å². The number of amides is 2. The fraction of sp³-hybridized carbons (Fsp3) is 0.333. The minimum absolute atomic E-state index is 0.0687. The first kappa shape index (κ1) is 10.1. The highest BCUT2D eigenvalue weighted by Crippen LogP contribution is 2.37. The second kappa shape index (κ2) is 3.00. The average molecular weight is 183 g/mol. The average Bonchev–Trinajstić information content (AvgIpc) is 1.82. The highest BCUT2D eigenvalue weighted by Gasteiger charge is 2.32. The number of rotatable bonds is 1. The molecule has 0 atom stereocenters. The molecular weight excluding hydrogens is 177 g/mol. The SMILES string of the molecule is CN(C(=O)O)C(=O)P(=O)(O)O. The van der Waals surface area contributed by atoms with Crippen LogP contribution in [0.5, 0.6) is 0 Å². The van der Waals surface area contributed by atoms with Crippen molar-refractivity contribution in [3.8, 4) is 0 Å². The van der Waals surface area contributed by atoms with E-state index in [-0.39, 0.29) is 4.90 Å². The Morgan fingerprint density at radius 2 is 1.73 bits per heavy atom. The van der Waals surface area contributed by atoms with Gasteiger partial charge < -0.3 is 14.9 Å². The summed E-state index contributed by atoms with van der Waals surface area (Å²) in [5.41, 5.74) is -1.73. The summed E-state index contributed by atoms with van der Waals surface area (Å²) in [5.74, 6) is 0. The van der Waals surface area contributed by atoms with Crippen molar-refractivity contribution in [3.05, 3.63) is 0 Å². The summed E-state index contributed by atoms with van der Waals surface area (Å²) in [6.07, 6.45) is -1.71. The van der Waals surface area contributed by atoms with Gasteiger partial charge in [-0.2, -0.15) is 0 Å². The van der Waals surface area contributed by atoms with Crippen molar-refractivity contribution in [2.24, 2.45) is 0 Å². The molecular formula is C3H6NO6P. The number of carbonyl (C=O) groups excluding carboxylic acids is 1. The van der Waals surface area contributed by atoms with Crippen LogP contribution in [0, 0.1) is 0 Å². The minimum Gasteiger partial charge on any atom is -0.465 e. The quantitative estimate of drug-likeness (QED) is 0.488. The lowest BCUT2D eigenvalue weighted by atomic mass is 10.9. The van der Waals surface area contributed by atoms with Gasteiger partial charge in [-0.15, -0.1) is 0 Å². The Balaban J connectivity index is 4.52. The molecule has 7 nitrogen and oxygen atoms in total. The lowest BCUT2D eigenvalue weighted by molar-refractivity contribution is 0.161. The molecule has 0 heterocycles. The van der Waals surface area contributed by atoms with Gasteiger partial charge in [0.25, 0.3) is 0 Å². The van der Waals surface area contributed by atoms with E-state index in [0.29, 0.717) is 0 Å². The summed E-state index contributed by atoms with van der Waals surface area (Å²) in [6, 6.07) is 0. The zero-order chi connectivity index (χ0) is 9.23. The van der Waals surface area contributed by atoms with Crippen LogP contribution in [0.2, 0.25) is 0 Å². The molecule has 2 amide bonds. The van der Waals surface area contributed by atoms with Crippen molar-refractivity contribution in [3.63, 3.8) is 0 Å². The van der Waals surface area contributed by atoms with E-state index in [1.54, 1.807) is 0 Å². The van der Waals surface area contributed by atoms with Crippen LogP contribution in [-0.2, 0) is 4.57 Å². The molecule has 64 valence electrons. The molecule has 0 fully saturated rings. The molecule has 0 aromatic carbocycles. The minimum atomic E-state index is -4.96. The Labute approximate surface area is 61.4 Å². The van der Waals surface area contributed by atoms with Crippen molar-refractivity contribution >= 4 is 19.3 Å². The van der Waals surface area contributed by atoms with E-state index in [4.69, 9.17) is 14.9 Å². The number of carbonyl (C=O) groups is 2. The standard InChI is InChI=1S/C3H6NO6P/c1-4(2(5)6)3(7)11(8,9)10/h1H3,(H,5,6)(H2,8,9,10). The molecule has 0 aromatic rings. The molecule has 0 radical (unpaired) electrons. The smallest absolute Gasteiger partial charge is 0.414 e. The number of imide groups is 1. The van der Waals surface area contributed by atoms with Gasteiger partial charge in [0.1, 0.15) is 0 Å². The Morgan fingerprint density at radius 1 is 1.36 bits per heavy atom. The molecule has 0 saturated carbocycles. The van der Waals surface area contributed by atoms with Gasteiger partial charge in [-0.25, -0.2) is 14.3 Å². The maximum absolute atomic E-state index is 10.4. The summed E-state index contributed by atoms with van der Waals surface area (Å²) in [5, 5.41) is 8.08. The highest BCUT2D eigenvalue weighted by molar-refractivity contribution is 7.70. The molecule has 0 rings (SSSR count). The first-order valence-electron chi connectivity index (χ1n) is 2.33. The largest absolute Gasteiger partial charge is 0.465 e. The third-order valence-corrected chi connectivity index (χ3v) is 1.62. The van der Waals surface area contributed by atoms with E-state index < -0.39 is 19.3 Å². The predicted molar refractivity (Wildman–Crippen MR) is 33.2 cm³/mol. The molecule has 0 aromatic heterocycles. The molecule has 0 unspecified atom stereocenters.